The van der Waals surface area contributed by atoms with E-state index in [1.807, 2.05) is 12.4 Å². The summed E-state index contributed by atoms with van der Waals surface area (Å²) in [5.41, 5.74) is 0.475. The lowest BCUT2D eigenvalue weighted by atomic mass is 9.63. The van der Waals surface area contributed by atoms with Gasteiger partial charge in [0.25, 0.3) is 0 Å². The molecule has 1 aliphatic heterocycles. The summed E-state index contributed by atoms with van der Waals surface area (Å²) in [7, 11) is 0. The predicted octanol–water partition coefficient (Wildman–Crippen LogP) is 2.28. The van der Waals surface area contributed by atoms with Gasteiger partial charge in [-0.3, -0.25) is 4.79 Å². The molecule has 2 unspecified atom stereocenters. The number of carbonyl (C=O) groups is 1. The molecule has 0 bridgehead atoms. The third kappa shape index (κ3) is 1.88. The molecule has 0 aromatic carbocycles. The summed E-state index contributed by atoms with van der Waals surface area (Å²) in [6.45, 7) is 0.934. The van der Waals surface area contributed by atoms with Crippen molar-refractivity contribution in [1.82, 2.24) is 14.9 Å². The fourth-order valence-electron chi connectivity index (χ4n) is 4.46. The summed E-state index contributed by atoms with van der Waals surface area (Å²) in [5.74, 6) is 1.47. The Morgan fingerprint density at radius 1 is 1.30 bits per heavy atom. The first-order valence-corrected chi connectivity index (χ1v) is 8.07. The fourth-order valence-corrected chi connectivity index (χ4v) is 4.46. The van der Waals surface area contributed by atoms with Gasteiger partial charge in [0, 0.05) is 37.3 Å². The Balaban J connectivity index is 1.39. The molecule has 2 saturated carbocycles. The molecule has 2 aliphatic carbocycles. The van der Waals surface area contributed by atoms with E-state index in [1.54, 1.807) is 0 Å². The van der Waals surface area contributed by atoms with Gasteiger partial charge in [0.2, 0.25) is 5.91 Å². The van der Waals surface area contributed by atoms with E-state index in [2.05, 4.69) is 14.9 Å². The van der Waals surface area contributed by atoms with Gasteiger partial charge in [-0.1, -0.05) is 12.8 Å². The fraction of sp³-hybridized carbons (Fsp3) is 0.750. The van der Waals surface area contributed by atoms with Crippen LogP contribution < -0.4 is 5.32 Å². The molecule has 0 radical (unpaired) electrons. The minimum atomic E-state index is 0.129. The molecule has 1 aromatic rings. The van der Waals surface area contributed by atoms with Crippen LogP contribution in [0.4, 0.5) is 0 Å². The number of rotatable bonds is 2. The highest BCUT2D eigenvalue weighted by Crippen LogP contribution is 2.53. The third-order valence-corrected chi connectivity index (χ3v) is 5.91. The van der Waals surface area contributed by atoms with Gasteiger partial charge in [-0.25, -0.2) is 4.98 Å². The second kappa shape index (κ2) is 4.61. The molecule has 2 atom stereocenters. The van der Waals surface area contributed by atoms with Crippen LogP contribution in [-0.2, 0) is 17.8 Å². The molecule has 3 aliphatic rings. The molecule has 20 heavy (non-hydrogen) atoms. The molecule has 1 amide bonds. The monoisotopic (exact) mass is 273 g/mol. The Bertz CT molecular complexity index is 516. The van der Waals surface area contributed by atoms with E-state index in [0.717, 1.165) is 25.2 Å². The summed E-state index contributed by atoms with van der Waals surface area (Å²) in [6.07, 6.45) is 13.5. The van der Waals surface area contributed by atoms with Crippen LogP contribution in [0, 0.1) is 11.3 Å². The third-order valence-electron chi connectivity index (χ3n) is 5.91. The average molecular weight is 273 g/mol. The molecule has 1 N–H and O–H groups in total. The van der Waals surface area contributed by atoms with Crippen molar-refractivity contribution >= 4 is 5.91 Å². The number of amides is 1. The van der Waals surface area contributed by atoms with Crippen molar-refractivity contribution in [3.63, 3.8) is 0 Å². The lowest BCUT2D eigenvalue weighted by Crippen LogP contribution is -2.55. The van der Waals surface area contributed by atoms with Gasteiger partial charge in [-0.15, -0.1) is 0 Å². The maximum atomic E-state index is 12.5. The zero-order chi connectivity index (χ0) is 13.6. The number of fused-ring (bicyclic) bond motifs is 1. The summed E-state index contributed by atoms with van der Waals surface area (Å²) >= 11 is 0. The second-order valence-electron chi connectivity index (χ2n) is 6.90. The molecular formula is C16H23N3O. The Morgan fingerprint density at radius 3 is 2.90 bits per heavy atom. The number of nitrogens with zero attached hydrogens (tertiary/aromatic N) is 2. The Morgan fingerprint density at radius 2 is 2.15 bits per heavy atom. The van der Waals surface area contributed by atoms with Gasteiger partial charge in [0.05, 0.1) is 0 Å². The van der Waals surface area contributed by atoms with Crippen LogP contribution in [0.25, 0.3) is 0 Å². The highest BCUT2D eigenvalue weighted by Gasteiger charge is 2.49. The van der Waals surface area contributed by atoms with Crippen molar-refractivity contribution in [3.05, 3.63) is 18.2 Å². The topological polar surface area (TPSA) is 46.9 Å². The molecular weight excluding hydrogens is 250 g/mol. The van der Waals surface area contributed by atoms with E-state index in [0.29, 0.717) is 11.5 Å². The van der Waals surface area contributed by atoms with E-state index < -0.39 is 0 Å². The number of aryl methyl sites for hydroxylation is 1. The molecule has 2 heterocycles. The highest BCUT2D eigenvalue weighted by molar-refractivity contribution is 5.79. The van der Waals surface area contributed by atoms with Crippen molar-refractivity contribution < 1.29 is 4.79 Å². The van der Waals surface area contributed by atoms with Crippen LogP contribution >= 0.6 is 0 Å². The van der Waals surface area contributed by atoms with Crippen molar-refractivity contribution in [2.24, 2.45) is 11.3 Å². The van der Waals surface area contributed by atoms with Crippen molar-refractivity contribution in [2.45, 2.75) is 64.0 Å². The summed E-state index contributed by atoms with van der Waals surface area (Å²) in [5, 5.41) is 3.37. The first kappa shape index (κ1) is 12.4. The van der Waals surface area contributed by atoms with Crippen LogP contribution in [0.1, 0.15) is 50.8 Å². The zero-order valence-electron chi connectivity index (χ0n) is 12.0. The smallest absolute Gasteiger partial charge is 0.223 e. The number of hydrogen-bond donors (Lipinski definition) is 1. The van der Waals surface area contributed by atoms with Gasteiger partial charge in [0.15, 0.2) is 0 Å². The van der Waals surface area contributed by atoms with Gasteiger partial charge >= 0.3 is 0 Å². The lowest BCUT2D eigenvalue weighted by molar-refractivity contribution is -0.129. The SMILES string of the molecule is O=C(NC1CCC12CCCC2)C1CCn2ccnc2C1. The molecule has 108 valence electrons. The number of nitrogens with one attached hydrogen (secondary N) is 1. The van der Waals surface area contributed by atoms with Crippen LogP contribution in [0.2, 0.25) is 0 Å². The molecule has 4 heteroatoms. The lowest BCUT2D eigenvalue weighted by Gasteiger charge is -2.48. The summed E-state index contributed by atoms with van der Waals surface area (Å²) in [4.78, 5) is 16.9. The van der Waals surface area contributed by atoms with E-state index >= 15 is 0 Å². The molecule has 4 nitrogen and oxygen atoms in total. The molecule has 1 aromatic heterocycles. The minimum absolute atomic E-state index is 0.129. The molecule has 1 spiro atoms. The summed E-state index contributed by atoms with van der Waals surface area (Å²) in [6, 6.07) is 0.458. The number of aromatic nitrogens is 2. The van der Waals surface area contributed by atoms with Gasteiger partial charge in [-0.2, -0.15) is 0 Å². The van der Waals surface area contributed by atoms with E-state index in [-0.39, 0.29) is 11.8 Å². The molecule has 2 fully saturated rings. The summed E-state index contributed by atoms with van der Waals surface area (Å²) < 4.78 is 2.17. The first-order valence-electron chi connectivity index (χ1n) is 8.07. The maximum Gasteiger partial charge on any atom is 0.223 e. The zero-order valence-corrected chi connectivity index (χ0v) is 12.0. The van der Waals surface area contributed by atoms with Crippen molar-refractivity contribution in [3.8, 4) is 0 Å². The average Bonchev–Trinajstić information content (AvgIpc) is 3.11. The Labute approximate surface area is 120 Å². The Hall–Kier alpha value is -1.32. The second-order valence-corrected chi connectivity index (χ2v) is 6.90. The van der Waals surface area contributed by atoms with Crippen molar-refractivity contribution in [1.29, 1.82) is 0 Å². The largest absolute Gasteiger partial charge is 0.353 e. The van der Waals surface area contributed by atoms with E-state index in [9.17, 15) is 4.79 Å². The predicted molar refractivity (Wildman–Crippen MR) is 76.1 cm³/mol. The van der Waals surface area contributed by atoms with Gasteiger partial charge < -0.3 is 9.88 Å². The van der Waals surface area contributed by atoms with E-state index in [4.69, 9.17) is 0 Å². The number of imidazole rings is 1. The quantitative estimate of drug-likeness (QED) is 0.898. The van der Waals surface area contributed by atoms with Crippen LogP contribution in [0.3, 0.4) is 0 Å². The first-order chi connectivity index (χ1) is 9.77. The van der Waals surface area contributed by atoms with Gasteiger partial charge in [-0.05, 0) is 37.5 Å². The number of hydrogen-bond acceptors (Lipinski definition) is 2. The van der Waals surface area contributed by atoms with Crippen molar-refractivity contribution in [2.75, 3.05) is 0 Å². The van der Waals surface area contributed by atoms with Gasteiger partial charge in [0.1, 0.15) is 5.82 Å². The van der Waals surface area contributed by atoms with Crippen LogP contribution in [0.5, 0.6) is 0 Å². The maximum absolute atomic E-state index is 12.5. The Kier molecular flexibility index (Phi) is 2.86. The molecule has 0 saturated heterocycles. The van der Waals surface area contributed by atoms with Crippen LogP contribution in [-0.4, -0.2) is 21.5 Å². The standard InChI is InChI=1S/C16H23N3O/c20-15(12-4-9-19-10-8-17-14(19)11-12)18-13-3-7-16(13)5-1-2-6-16/h8,10,12-13H,1-7,9,11H2,(H,18,20). The molecule has 4 rings (SSSR count). The number of carbonyl (C=O) groups excluding carboxylic acids is 1. The minimum Gasteiger partial charge on any atom is -0.353 e. The van der Waals surface area contributed by atoms with E-state index in [1.165, 1.54) is 38.5 Å². The van der Waals surface area contributed by atoms with Crippen LogP contribution in [0.15, 0.2) is 12.4 Å². The normalized spacial score (nSPS) is 30.8. The highest BCUT2D eigenvalue weighted by atomic mass is 16.2.